The van der Waals surface area contributed by atoms with E-state index >= 15 is 0 Å². The highest BCUT2D eigenvalue weighted by Gasteiger charge is 2.70. The molecule has 8 unspecified atom stereocenters. The lowest BCUT2D eigenvalue weighted by Crippen LogP contribution is -2.68. The Bertz CT molecular complexity index is 1020. The third-order valence-electron chi connectivity index (χ3n) is 14.3. The van der Waals surface area contributed by atoms with E-state index < -0.39 is 17.2 Å². The smallest absolute Gasteiger partial charge is 0.310 e. The molecule has 4 nitrogen and oxygen atoms in total. The first-order chi connectivity index (χ1) is 19.1. The maximum absolute atomic E-state index is 12.9. The minimum absolute atomic E-state index is 0.0626. The predicted molar refractivity (Wildman–Crippen MR) is 169 cm³/mol. The van der Waals surface area contributed by atoms with Crippen LogP contribution in [0.25, 0.3) is 0 Å². The topological polar surface area (TPSA) is 55.8 Å². The van der Waals surface area contributed by atoms with Gasteiger partial charge in [-0.2, -0.15) is 0 Å². The summed E-state index contributed by atoms with van der Waals surface area (Å²) in [6, 6.07) is 0. The van der Waals surface area contributed by atoms with Crippen molar-refractivity contribution < 1.29 is 19.4 Å². The minimum atomic E-state index is -0.559. The summed E-state index contributed by atoms with van der Waals surface area (Å²) in [6.07, 6.45) is 12.6. The van der Waals surface area contributed by atoms with Gasteiger partial charge in [-0.3, -0.25) is 4.79 Å². The second kappa shape index (κ2) is 10.9. The van der Waals surface area contributed by atoms with Crippen LogP contribution in [0.15, 0.2) is 11.6 Å². The Hall–Kier alpha value is -0.870. The third-order valence-corrected chi connectivity index (χ3v) is 14.3. The van der Waals surface area contributed by atoms with Gasteiger partial charge in [-0.15, -0.1) is 0 Å². The SMILES string of the molecule is CC.CC.CC1C2C3=CCC4C5(C)CCC6OC(C)(C)OC[C@]6(C)C5CCC4(C)[C@]3(C)CCC2(C(=O)O)CC[C@H]1C. The number of hydrogen-bond donors (Lipinski definition) is 1. The van der Waals surface area contributed by atoms with Crippen LogP contribution in [-0.4, -0.2) is 29.6 Å². The van der Waals surface area contributed by atoms with Crippen LogP contribution >= 0.6 is 0 Å². The molecule has 4 heteroatoms. The van der Waals surface area contributed by atoms with Crippen LogP contribution < -0.4 is 0 Å². The number of carbonyl (C=O) groups is 1. The summed E-state index contributed by atoms with van der Waals surface area (Å²) in [5.74, 6) is 1.40. The average molecular weight is 573 g/mol. The first kappa shape index (κ1) is 33.0. The van der Waals surface area contributed by atoms with Crippen LogP contribution in [0.2, 0.25) is 0 Å². The van der Waals surface area contributed by atoms with Crippen LogP contribution in [0, 0.1) is 56.7 Å². The largest absolute Gasteiger partial charge is 0.481 e. The highest BCUT2D eigenvalue weighted by Crippen LogP contribution is 2.76. The Kier molecular flexibility index (Phi) is 8.81. The molecule has 6 aliphatic rings. The first-order valence-electron chi connectivity index (χ1n) is 17.4. The lowest BCUT2D eigenvalue weighted by atomic mass is 9.33. The van der Waals surface area contributed by atoms with Crippen LogP contribution in [0.1, 0.15) is 141 Å². The Morgan fingerprint density at radius 1 is 0.829 bits per heavy atom. The van der Waals surface area contributed by atoms with Crippen molar-refractivity contribution in [1.82, 2.24) is 0 Å². The molecule has 6 rings (SSSR count). The highest BCUT2D eigenvalue weighted by molar-refractivity contribution is 5.76. The molecule has 41 heavy (non-hydrogen) atoms. The number of ether oxygens (including phenoxy) is 2. The van der Waals surface area contributed by atoms with Crippen molar-refractivity contribution in [2.45, 2.75) is 153 Å². The molecule has 1 N–H and O–H groups in total. The molecule has 5 aliphatic carbocycles. The van der Waals surface area contributed by atoms with Gasteiger partial charge in [-0.25, -0.2) is 0 Å². The van der Waals surface area contributed by atoms with E-state index in [9.17, 15) is 9.90 Å². The summed E-state index contributed by atoms with van der Waals surface area (Å²) in [5, 5.41) is 10.6. The number of carboxylic acids is 1. The van der Waals surface area contributed by atoms with Gasteiger partial charge in [-0.1, -0.05) is 80.9 Å². The van der Waals surface area contributed by atoms with Gasteiger partial charge < -0.3 is 14.6 Å². The molecule has 0 bridgehead atoms. The zero-order chi connectivity index (χ0) is 30.8. The van der Waals surface area contributed by atoms with Crippen molar-refractivity contribution in [3.8, 4) is 0 Å². The monoisotopic (exact) mass is 572 g/mol. The van der Waals surface area contributed by atoms with Crippen LogP contribution in [0.5, 0.6) is 0 Å². The van der Waals surface area contributed by atoms with Gasteiger partial charge in [-0.05, 0) is 117 Å². The zero-order valence-corrected chi connectivity index (χ0v) is 28.8. The number of allylic oxidation sites excluding steroid dienone is 2. The van der Waals surface area contributed by atoms with Gasteiger partial charge in [0.2, 0.25) is 0 Å². The maximum Gasteiger partial charge on any atom is 0.310 e. The second-order valence-corrected chi connectivity index (χ2v) is 15.9. The van der Waals surface area contributed by atoms with E-state index in [-0.39, 0.29) is 33.7 Å². The molecule has 0 spiro atoms. The van der Waals surface area contributed by atoms with Gasteiger partial charge >= 0.3 is 5.97 Å². The Balaban J connectivity index is 0.000000929. The summed E-state index contributed by atoms with van der Waals surface area (Å²) in [5.41, 5.74) is 1.57. The van der Waals surface area contributed by atoms with Crippen molar-refractivity contribution in [2.24, 2.45) is 56.7 Å². The van der Waals surface area contributed by atoms with Gasteiger partial charge in [0.25, 0.3) is 0 Å². The predicted octanol–water partition coefficient (Wildman–Crippen LogP) is 9.91. The van der Waals surface area contributed by atoms with Crippen molar-refractivity contribution >= 4 is 5.97 Å². The lowest BCUT2D eigenvalue weighted by molar-refractivity contribution is -0.351. The molecule has 236 valence electrons. The molecule has 0 aromatic carbocycles. The number of hydrogen-bond acceptors (Lipinski definition) is 3. The van der Waals surface area contributed by atoms with Gasteiger partial charge in [0.15, 0.2) is 5.79 Å². The molecule has 4 saturated carbocycles. The highest BCUT2D eigenvalue weighted by atomic mass is 16.7. The summed E-state index contributed by atoms with van der Waals surface area (Å²) < 4.78 is 12.9. The van der Waals surface area contributed by atoms with Crippen molar-refractivity contribution in [3.05, 3.63) is 11.6 Å². The summed E-state index contributed by atoms with van der Waals surface area (Å²) in [6.45, 7) is 27.9. The van der Waals surface area contributed by atoms with Crippen molar-refractivity contribution in [1.29, 1.82) is 0 Å². The Morgan fingerprint density at radius 3 is 2.12 bits per heavy atom. The molecule has 0 amide bonds. The van der Waals surface area contributed by atoms with E-state index in [0.29, 0.717) is 23.7 Å². The molecule has 5 fully saturated rings. The van der Waals surface area contributed by atoms with Crippen molar-refractivity contribution in [2.75, 3.05) is 6.61 Å². The summed E-state index contributed by atoms with van der Waals surface area (Å²) in [7, 11) is 0. The molecule has 11 atom stereocenters. The van der Waals surface area contributed by atoms with Crippen molar-refractivity contribution in [3.63, 3.8) is 0 Å². The molecule has 0 aromatic rings. The van der Waals surface area contributed by atoms with Gasteiger partial charge in [0.1, 0.15) is 0 Å². The van der Waals surface area contributed by atoms with E-state index in [1.54, 1.807) is 0 Å². The van der Waals surface area contributed by atoms with Crippen LogP contribution in [0.4, 0.5) is 0 Å². The normalized spacial score (nSPS) is 51.3. The lowest BCUT2D eigenvalue weighted by Gasteiger charge is -2.72. The minimum Gasteiger partial charge on any atom is -0.481 e. The van der Waals surface area contributed by atoms with E-state index in [1.807, 2.05) is 27.7 Å². The standard InChI is InChI=1S/C33H52O4.2C2H6/c1-20-11-16-33(27(34)35)18-17-31(7)22(26(33)21(20)2)9-10-24-29(5)14-13-25-30(6,19-36-28(3,4)37-25)23(29)12-15-32(24,31)8;2*1-2/h9,20-21,23-26H,10-19H2,1-8H3,(H,34,35);2*1-2H3/t20-,21?,23?,24?,25?,26?,29?,30-,31-,32?,33?;;/m1../s1. The molecule has 1 saturated heterocycles. The van der Waals surface area contributed by atoms with E-state index in [0.717, 1.165) is 45.1 Å². The first-order valence-corrected chi connectivity index (χ1v) is 17.4. The molecule has 0 aromatic heterocycles. The van der Waals surface area contributed by atoms with E-state index in [1.165, 1.54) is 24.8 Å². The Morgan fingerprint density at radius 2 is 1.49 bits per heavy atom. The van der Waals surface area contributed by atoms with Crippen LogP contribution in [-0.2, 0) is 14.3 Å². The average Bonchev–Trinajstić information content (AvgIpc) is 2.93. The number of aliphatic carboxylic acids is 1. The van der Waals surface area contributed by atoms with E-state index in [2.05, 4.69) is 61.5 Å². The maximum atomic E-state index is 12.9. The molecular formula is C37H64O4. The fraction of sp³-hybridized carbons (Fsp3) is 0.919. The number of fused-ring (bicyclic) bond motifs is 9. The molecule has 0 radical (unpaired) electrons. The molecule has 1 aliphatic heterocycles. The molecular weight excluding hydrogens is 508 g/mol. The van der Waals surface area contributed by atoms with Gasteiger partial charge in [0.05, 0.1) is 18.1 Å². The second-order valence-electron chi connectivity index (χ2n) is 15.9. The summed E-state index contributed by atoms with van der Waals surface area (Å²) in [4.78, 5) is 12.9. The van der Waals surface area contributed by atoms with Gasteiger partial charge in [0, 0.05) is 5.41 Å². The number of carboxylic acid groups (broad SMARTS) is 1. The zero-order valence-electron chi connectivity index (χ0n) is 28.8. The third kappa shape index (κ3) is 4.45. The fourth-order valence-corrected chi connectivity index (χ4v) is 11.7. The number of rotatable bonds is 1. The molecule has 1 heterocycles. The quantitative estimate of drug-likeness (QED) is 0.318. The van der Waals surface area contributed by atoms with Crippen LogP contribution in [0.3, 0.4) is 0 Å². The Labute approximate surface area is 252 Å². The summed E-state index contributed by atoms with van der Waals surface area (Å²) >= 11 is 0. The fourth-order valence-electron chi connectivity index (χ4n) is 11.7. The van der Waals surface area contributed by atoms with E-state index in [4.69, 9.17) is 9.47 Å².